The maximum Gasteiger partial charge on any atom is 0.227 e. The van der Waals surface area contributed by atoms with Crippen molar-refractivity contribution in [3.8, 4) is 0 Å². The molecule has 3 N–H and O–H groups in total. The van der Waals surface area contributed by atoms with E-state index in [0.717, 1.165) is 19.4 Å². The molecule has 4 nitrogen and oxygen atoms in total. The predicted octanol–water partition coefficient (Wildman–Crippen LogP) is 0.736. The fourth-order valence-corrected chi connectivity index (χ4v) is 1.94. The number of nitrogens with two attached hydrogens (primary N) is 1. The Labute approximate surface area is 104 Å². The Kier molecular flexibility index (Phi) is 5.65. The van der Waals surface area contributed by atoms with Gasteiger partial charge < -0.3 is 16.0 Å². The van der Waals surface area contributed by atoms with Crippen molar-refractivity contribution in [3.63, 3.8) is 0 Å². The number of hydrogen-bond acceptors (Lipinski definition) is 3. The summed E-state index contributed by atoms with van der Waals surface area (Å²) >= 11 is 0. The zero-order valence-corrected chi connectivity index (χ0v) is 11.1. The molecule has 0 aromatic rings. The Balaban J connectivity index is 2.18. The smallest absolute Gasteiger partial charge is 0.227 e. The first kappa shape index (κ1) is 14.2. The molecule has 1 amide bonds. The number of carbonyl (C=O) groups excluding carboxylic acids is 1. The summed E-state index contributed by atoms with van der Waals surface area (Å²) in [7, 11) is 2.09. The molecular weight excluding hydrogens is 214 g/mol. The van der Waals surface area contributed by atoms with Crippen molar-refractivity contribution in [2.45, 2.75) is 38.8 Å². The van der Waals surface area contributed by atoms with E-state index in [1.807, 2.05) is 12.2 Å². The maximum absolute atomic E-state index is 11.8. The molecule has 4 heteroatoms. The standard InChI is InChI=1S/C13H25N3O/c1-4-10(2)16(3)8-7-15-13(17)11-5-6-12(14)9-11/h5-6,10-12H,4,7-9,14H2,1-3H3,(H,15,17). The summed E-state index contributed by atoms with van der Waals surface area (Å²) in [6.45, 7) is 5.97. The largest absolute Gasteiger partial charge is 0.354 e. The number of likely N-dealkylation sites (N-methyl/N-ethyl adjacent to an activating group) is 1. The highest BCUT2D eigenvalue weighted by molar-refractivity contribution is 5.81. The second kappa shape index (κ2) is 6.77. The van der Waals surface area contributed by atoms with E-state index in [4.69, 9.17) is 5.73 Å². The summed E-state index contributed by atoms with van der Waals surface area (Å²) in [6, 6.07) is 0.611. The Morgan fingerprint density at radius 2 is 2.29 bits per heavy atom. The highest BCUT2D eigenvalue weighted by atomic mass is 16.1. The van der Waals surface area contributed by atoms with Crippen LogP contribution in [0, 0.1) is 5.92 Å². The van der Waals surface area contributed by atoms with Gasteiger partial charge in [-0.1, -0.05) is 19.1 Å². The zero-order chi connectivity index (χ0) is 12.8. The van der Waals surface area contributed by atoms with Crippen LogP contribution in [0.25, 0.3) is 0 Å². The highest BCUT2D eigenvalue weighted by Gasteiger charge is 2.22. The van der Waals surface area contributed by atoms with Crippen molar-refractivity contribution in [3.05, 3.63) is 12.2 Å². The van der Waals surface area contributed by atoms with Gasteiger partial charge in [-0.3, -0.25) is 4.79 Å². The zero-order valence-electron chi connectivity index (χ0n) is 11.1. The van der Waals surface area contributed by atoms with E-state index < -0.39 is 0 Å². The van der Waals surface area contributed by atoms with Crippen LogP contribution in [0.2, 0.25) is 0 Å². The minimum absolute atomic E-state index is 0.0288. The number of nitrogens with one attached hydrogen (secondary N) is 1. The summed E-state index contributed by atoms with van der Waals surface area (Å²) in [5.74, 6) is 0.0747. The molecule has 0 saturated carbocycles. The molecule has 98 valence electrons. The lowest BCUT2D eigenvalue weighted by molar-refractivity contribution is -0.123. The van der Waals surface area contributed by atoms with E-state index in [9.17, 15) is 4.79 Å². The van der Waals surface area contributed by atoms with Gasteiger partial charge in [-0.25, -0.2) is 0 Å². The van der Waals surface area contributed by atoms with E-state index in [-0.39, 0.29) is 17.9 Å². The van der Waals surface area contributed by atoms with Gasteiger partial charge in [0.25, 0.3) is 0 Å². The molecule has 0 aromatic heterocycles. The SMILES string of the molecule is CCC(C)N(C)CCNC(=O)C1C=CC(N)C1. The molecule has 1 aliphatic rings. The third-order valence-electron chi connectivity index (χ3n) is 3.56. The first-order valence-corrected chi connectivity index (χ1v) is 6.46. The van der Waals surface area contributed by atoms with Gasteiger partial charge in [0.2, 0.25) is 5.91 Å². The number of nitrogens with zero attached hydrogens (tertiary/aromatic N) is 1. The van der Waals surface area contributed by atoms with Crippen LogP contribution in [-0.4, -0.2) is 43.0 Å². The molecule has 3 unspecified atom stereocenters. The van der Waals surface area contributed by atoms with Crippen LogP contribution in [0.1, 0.15) is 26.7 Å². The minimum Gasteiger partial charge on any atom is -0.354 e. The molecule has 0 spiro atoms. The molecule has 0 fully saturated rings. The summed E-state index contributed by atoms with van der Waals surface area (Å²) in [6.07, 6.45) is 5.70. The van der Waals surface area contributed by atoms with Crippen molar-refractivity contribution in [2.75, 3.05) is 20.1 Å². The molecule has 3 atom stereocenters. The van der Waals surface area contributed by atoms with Crippen LogP contribution in [0.5, 0.6) is 0 Å². The van der Waals surface area contributed by atoms with Crippen LogP contribution in [0.15, 0.2) is 12.2 Å². The number of hydrogen-bond donors (Lipinski definition) is 2. The van der Waals surface area contributed by atoms with Gasteiger partial charge in [-0.05, 0) is 26.8 Å². The second-order valence-corrected chi connectivity index (χ2v) is 4.92. The molecule has 0 aliphatic heterocycles. The number of rotatable bonds is 6. The number of amides is 1. The molecule has 17 heavy (non-hydrogen) atoms. The third kappa shape index (κ3) is 4.48. The molecule has 0 aromatic carbocycles. The van der Waals surface area contributed by atoms with Gasteiger partial charge >= 0.3 is 0 Å². The fraction of sp³-hybridized carbons (Fsp3) is 0.769. The van der Waals surface area contributed by atoms with Crippen molar-refractivity contribution >= 4 is 5.91 Å². The summed E-state index contributed by atoms with van der Waals surface area (Å²) in [4.78, 5) is 14.0. The summed E-state index contributed by atoms with van der Waals surface area (Å²) in [5, 5.41) is 2.97. The van der Waals surface area contributed by atoms with E-state index in [0.29, 0.717) is 12.6 Å². The molecular formula is C13H25N3O. The van der Waals surface area contributed by atoms with Gasteiger partial charge in [0.15, 0.2) is 0 Å². The van der Waals surface area contributed by atoms with Crippen LogP contribution in [0.3, 0.4) is 0 Å². The fourth-order valence-electron chi connectivity index (χ4n) is 1.94. The van der Waals surface area contributed by atoms with Crippen LogP contribution < -0.4 is 11.1 Å². The average Bonchev–Trinajstić information content (AvgIpc) is 2.74. The Morgan fingerprint density at radius 1 is 1.59 bits per heavy atom. The van der Waals surface area contributed by atoms with Crippen molar-refractivity contribution in [2.24, 2.45) is 11.7 Å². The molecule has 1 rings (SSSR count). The van der Waals surface area contributed by atoms with Gasteiger partial charge in [0.05, 0.1) is 5.92 Å². The topological polar surface area (TPSA) is 58.4 Å². The molecule has 1 aliphatic carbocycles. The Bertz CT molecular complexity index is 278. The van der Waals surface area contributed by atoms with E-state index >= 15 is 0 Å². The van der Waals surface area contributed by atoms with Crippen LogP contribution in [-0.2, 0) is 4.79 Å². The normalized spacial score (nSPS) is 25.2. The molecule has 0 saturated heterocycles. The minimum atomic E-state index is -0.0288. The van der Waals surface area contributed by atoms with Crippen molar-refractivity contribution < 1.29 is 4.79 Å². The monoisotopic (exact) mass is 239 g/mol. The first-order valence-electron chi connectivity index (χ1n) is 6.46. The van der Waals surface area contributed by atoms with Gasteiger partial charge in [-0.15, -0.1) is 0 Å². The molecule has 0 bridgehead atoms. The highest BCUT2D eigenvalue weighted by Crippen LogP contribution is 2.15. The second-order valence-electron chi connectivity index (χ2n) is 4.92. The van der Waals surface area contributed by atoms with Gasteiger partial charge in [0, 0.05) is 25.2 Å². The van der Waals surface area contributed by atoms with Crippen molar-refractivity contribution in [1.82, 2.24) is 10.2 Å². The predicted molar refractivity (Wildman–Crippen MR) is 70.6 cm³/mol. The summed E-state index contributed by atoms with van der Waals surface area (Å²) in [5.41, 5.74) is 5.72. The van der Waals surface area contributed by atoms with E-state index in [1.165, 1.54) is 0 Å². The Hall–Kier alpha value is -0.870. The first-order chi connectivity index (χ1) is 8.04. The van der Waals surface area contributed by atoms with Gasteiger partial charge in [-0.2, -0.15) is 0 Å². The lowest BCUT2D eigenvalue weighted by Crippen LogP contribution is -2.39. The molecule has 0 heterocycles. The number of carbonyl (C=O) groups is 1. The summed E-state index contributed by atoms with van der Waals surface area (Å²) < 4.78 is 0. The van der Waals surface area contributed by atoms with E-state index in [1.54, 1.807) is 0 Å². The van der Waals surface area contributed by atoms with Crippen molar-refractivity contribution in [1.29, 1.82) is 0 Å². The van der Waals surface area contributed by atoms with Gasteiger partial charge in [0.1, 0.15) is 0 Å². The quantitative estimate of drug-likeness (QED) is 0.672. The lowest BCUT2D eigenvalue weighted by Gasteiger charge is -2.23. The van der Waals surface area contributed by atoms with Crippen LogP contribution >= 0.6 is 0 Å². The van der Waals surface area contributed by atoms with Crippen LogP contribution in [0.4, 0.5) is 0 Å². The lowest BCUT2D eigenvalue weighted by atomic mass is 10.1. The average molecular weight is 239 g/mol. The Morgan fingerprint density at radius 3 is 2.82 bits per heavy atom. The maximum atomic E-state index is 11.8. The molecule has 0 radical (unpaired) electrons. The third-order valence-corrected chi connectivity index (χ3v) is 3.56. The van der Waals surface area contributed by atoms with E-state index in [2.05, 4.69) is 31.1 Å².